The SMILES string of the molecule is O=C1CCOc2c1ccc1[nH]c3ccccc3c21. The number of ketones is 1. The van der Waals surface area contributed by atoms with Crippen molar-refractivity contribution in [3.05, 3.63) is 42.0 Å². The Balaban J connectivity index is 2.21. The third-order valence-electron chi connectivity index (χ3n) is 3.50. The standard InChI is InChI=1S/C15H11NO2/c17-13-7-8-18-15-10(13)5-6-12-14(15)9-3-1-2-4-11(9)16-12/h1-6,16H,7-8H2. The lowest BCUT2D eigenvalue weighted by Gasteiger charge is -2.17. The van der Waals surface area contributed by atoms with Crippen molar-refractivity contribution < 1.29 is 9.53 Å². The van der Waals surface area contributed by atoms with E-state index in [9.17, 15) is 4.79 Å². The number of hydrogen-bond acceptors (Lipinski definition) is 2. The third kappa shape index (κ3) is 1.16. The molecule has 0 saturated carbocycles. The number of carbonyl (C=O) groups excluding carboxylic acids is 1. The maximum atomic E-state index is 11.9. The second kappa shape index (κ2) is 3.35. The van der Waals surface area contributed by atoms with E-state index in [-0.39, 0.29) is 5.78 Å². The Morgan fingerprint density at radius 1 is 1.06 bits per heavy atom. The van der Waals surface area contributed by atoms with Crippen LogP contribution in [-0.4, -0.2) is 17.4 Å². The summed E-state index contributed by atoms with van der Waals surface area (Å²) in [4.78, 5) is 15.2. The number of fused-ring (bicyclic) bond motifs is 5. The molecule has 0 saturated heterocycles. The number of rotatable bonds is 0. The Morgan fingerprint density at radius 3 is 2.89 bits per heavy atom. The van der Waals surface area contributed by atoms with Crippen LogP contribution in [0.4, 0.5) is 0 Å². The predicted octanol–water partition coefficient (Wildman–Crippen LogP) is 3.29. The van der Waals surface area contributed by atoms with Crippen molar-refractivity contribution in [2.24, 2.45) is 0 Å². The summed E-state index contributed by atoms with van der Waals surface area (Å²) in [7, 11) is 0. The van der Waals surface area contributed by atoms with Crippen molar-refractivity contribution in [2.45, 2.75) is 6.42 Å². The fourth-order valence-corrected chi connectivity index (χ4v) is 2.66. The van der Waals surface area contributed by atoms with Crippen LogP contribution < -0.4 is 4.74 Å². The van der Waals surface area contributed by atoms with Gasteiger partial charge in [-0.1, -0.05) is 18.2 Å². The van der Waals surface area contributed by atoms with Crippen LogP contribution in [0, 0.1) is 0 Å². The van der Waals surface area contributed by atoms with Gasteiger partial charge in [0.25, 0.3) is 0 Å². The lowest BCUT2D eigenvalue weighted by atomic mass is 10.0. The van der Waals surface area contributed by atoms with Crippen molar-refractivity contribution in [1.29, 1.82) is 0 Å². The largest absolute Gasteiger partial charge is 0.492 e. The number of aromatic nitrogens is 1. The van der Waals surface area contributed by atoms with Crippen LogP contribution in [0.2, 0.25) is 0 Å². The fourth-order valence-electron chi connectivity index (χ4n) is 2.66. The van der Waals surface area contributed by atoms with Crippen LogP contribution in [-0.2, 0) is 0 Å². The van der Waals surface area contributed by atoms with Crippen molar-refractivity contribution in [2.75, 3.05) is 6.61 Å². The van der Waals surface area contributed by atoms with Gasteiger partial charge in [0.2, 0.25) is 0 Å². The number of nitrogens with one attached hydrogen (secondary N) is 1. The van der Waals surface area contributed by atoms with Crippen molar-refractivity contribution in [3.8, 4) is 5.75 Å². The van der Waals surface area contributed by atoms with Crippen LogP contribution in [0.1, 0.15) is 16.8 Å². The number of hydrogen-bond donors (Lipinski definition) is 1. The van der Waals surface area contributed by atoms with Crippen LogP contribution in [0.25, 0.3) is 21.8 Å². The van der Waals surface area contributed by atoms with Gasteiger partial charge in [-0.05, 0) is 18.2 Å². The normalized spacial score (nSPS) is 14.8. The molecule has 3 heteroatoms. The molecule has 0 atom stereocenters. The predicted molar refractivity (Wildman–Crippen MR) is 70.2 cm³/mol. The van der Waals surface area contributed by atoms with Gasteiger partial charge in [-0.3, -0.25) is 4.79 Å². The molecule has 3 aromatic rings. The number of H-pyrrole nitrogens is 1. The molecule has 0 bridgehead atoms. The molecule has 2 aromatic carbocycles. The lowest BCUT2D eigenvalue weighted by molar-refractivity contribution is 0.0935. The summed E-state index contributed by atoms with van der Waals surface area (Å²) in [6.07, 6.45) is 0.473. The van der Waals surface area contributed by atoms with Crippen LogP contribution in [0.3, 0.4) is 0 Å². The molecule has 0 amide bonds. The van der Waals surface area contributed by atoms with E-state index in [0.717, 1.165) is 27.6 Å². The van der Waals surface area contributed by atoms with Gasteiger partial charge in [-0.15, -0.1) is 0 Å². The van der Waals surface area contributed by atoms with Crippen LogP contribution in [0.5, 0.6) is 5.75 Å². The molecular formula is C15H11NO2. The number of benzene rings is 2. The second-order valence-corrected chi connectivity index (χ2v) is 4.56. The summed E-state index contributed by atoms with van der Waals surface area (Å²) in [5, 5.41) is 2.13. The molecule has 0 radical (unpaired) electrons. The van der Waals surface area contributed by atoms with Gasteiger partial charge in [0, 0.05) is 17.3 Å². The highest BCUT2D eigenvalue weighted by atomic mass is 16.5. The van der Waals surface area contributed by atoms with Crippen LogP contribution >= 0.6 is 0 Å². The third-order valence-corrected chi connectivity index (χ3v) is 3.50. The number of aromatic amines is 1. The Bertz CT molecular complexity index is 786. The zero-order chi connectivity index (χ0) is 12.1. The Kier molecular flexibility index (Phi) is 1.81. The summed E-state index contributed by atoms with van der Waals surface area (Å²) >= 11 is 0. The van der Waals surface area contributed by atoms with E-state index >= 15 is 0 Å². The van der Waals surface area contributed by atoms with E-state index in [4.69, 9.17) is 4.74 Å². The minimum absolute atomic E-state index is 0.170. The summed E-state index contributed by atoms with van der Waals surface area (Å²) in [6, 6.07) is 11.9. The number of para-hydroxylation sites is 1. The average Bonchev–Trinajstić information content (AvgIpc) is 2.77. The van der Waals surface area contributed by atoms with Crippen LogP contribution in [0.15, 0.2) is 36.4 Å². The van der Waals surface area contributed by atoms with Gasteiger partial charge < -0.3 is 9.72 Å². The molecule has 1 aliphatic rings. The smallest absolute Gasteiger partial charge is 0.170 e. The Hall–Kier alpha value is -2.29. The zero-order valence-corrected chi connectivity index (χ0v) is 9.69. The first-order valence-corrected chi connectivity index (χ1v) is 6.04. The molecule has 88 valence electrons. The highest BCUT2D eigenvalue weighted by Crippen LogP contribution is 2.37. The highest BCUT2D eigenvalue weighted by molar-refractivity contribution is 6.15. The van der Waals surface area contributed by atoms with E-state index in [1.165, 1.54) is 0 Å². The number of carbonyl (C=O) groups is 1. The summed E-state index contributed by atoms with van der Waals surface area (Å²) in [5.41, 5.74) is 2.80. The van der Waals surface area contributed by atoms with E-state index in [2.05, 4.69) is 11.1 Å². The first kappa shape index (κ1) is 9.71. The van der Waals surface area contributed by atoms with Gasteiger partial charge in [0.05, 0.1) is 23.1 Å². The average molecular weight is 237 g/mol. The molecule has 18 heavy (non-hydrogen) atoms. The topological polar surface area (TPSA) is 42.1 Å². The molecule has 3 nitrogen and oxygen atoms in total. The number of Topliss-reactive ketones (excluding diaryl/α,β-unsaturated/α-hetero) is 1. The minimum atomic E-state index is 0.170. The molecule has 4 rings (SSSR count). The lowest BCUT2D eigenvalue weighted by Crippen LogP contribution is -2.15. The molecule has 1 aliphatic heterocycles. The minimum Gasteiger partial charge on any atom is -0.492 e. The van der Waals surface area contributed by atoms with Crippen molar-refractivity contribution >= 4 is 27.6 Å². The van der Waals surface area contributed by atoms with E-state index in [1.807, 2.05) is 30.3 Å². The quantitative estimate of drug-likeness (QED) is 0.652. The molecule has 2 heterocycles. The molecule has 0 fully saturated rings. The van der Waals surface area contributed by atoms with Gasteiger partial charge >= 0.3 is 0 Å². The maximum Gasteiger partial charge on any atom is 0.170 e. The molecule has 0 aliphatic carbocycles. The zero-order valence-electron chi connectivity index (χ0n) is 9.69. The molecule has 1 aromatic heterocycles. The summed E-state index contributed by atoms with van der Waals surface area (Å²) in [6.45, 7) is 0.477. The monoisotopic (exact) mass is 237 g/mol. The van der Waals surface area contributed by atoms with E-state index in [0.29, 0.717) is 18.6 Å². The first-order valence-electron chi connectivity index (χ1n) is 6.04. The molecular weight excluding hydrogens is 226 g/mol. The molecule has 0 spiro atoms. The Labute approximate surface area is 103 Å². The van der Waals surface area contributed by atoms with Crippen molar-refractivity contribution in [3.63, 3.8) is 0 Å². The van der Waals surface area contributed by atoms with Gasteiger partial charge in [0.1, 0.15) is 5.75 Å². The fraction of sp³-hybridized carbons (Fsp3) is 0.133. The highest BCUT2D eigenvalue weighted by Gasteiger charge is 2.22. The number of ether oxygens (including phenoxy) is 1. The maximum absolute atomic E-state index is 11.9. The van der Waals surface area contributed by atoms with Gasteiger partial charge in [-0.2, -0.15) is 0 Å². The van der Waals surface area contributed by atoms with E-state index < -0.39 is 0 Å². The summed E-state index contributed by atoms with van der Waals surface area (Å²) < 4.78 is 5.73. The molecule has 1 N–H and O–H groups in total. The van der Waals surface area contributed by atoms with Gasteiger partial charge in [-0.25, -0.2) is 0 Å². The van der Waals surface area contributed by atoms with Crippen molar-refractivity contribution in [1.82, 2.24) is 4.98 Å². The summed E-state index contributed by atoms with van der Waals surface area (Å²) in [5.74, 6) is 0.907. The van der Waals surface area contributed by atoms with E-state index in [1.54, 1.807) is 0 Å². The Morgan fingerprint density at radius 2 is 1.94 bits per heavy atom. The second-order valence-electron chi connectivity index (χ2n) is 4.56. The van der Waals surface area contributed by atoms with Gasteiger partial charge in [0.15, 0.2) is 5.78 Å². The first-order chi connectivity index (χ1) is 8.84. The molecule has 0 unspecified atom stereocenters.